The fourth-order valence-electron chi connectivity index (χ4n) is 3.12. The number of thioether (sulfide) groups is 1. The minimum atomic E-state index is -0.511. The predicted octanol–water partition coefficient (Wildman–Crippen LogP) is 2.29. The van der Waals surface area contributed by atoms with Crippen molar-refractivity contribution in [2.45, 2.75) is 45.3 Å². The van der Waals surface area contributed by atoms with Crippen LogP contribution in [0.5, 0.6) is 0 Å². The van der Waals surface area contributed by atoms with E-state index in [0.29, 0.717) is 24.9 Å². The number of benzene rings is 1. The fourth-order valence-corrected chi connectivity index (χ4v) is 3.64. The third kappa shape index (κ3) is 4.98. The second kappa shape index (κ2) is 9.25. The fraction of sp³-hybridized carbons (Fsp3) is 0.579. The van der Waals surface area contributed by atoms with E-state index in [0.717, 1.165) is 11.3 Å². The lowest BCUT2D eigenvalue weighted by atomic mass is 10.0. The molecule has 0 spiro atoms. The monoisotopic (exact) mass is 364 g/mol. The van der Waals surface area contributed by atoms with E-state index >= 15 is 0 Å². The van der Waals surface area contributed by atoms with Crippen LogP contribution in [0.1, 0.15) is 42.6 Å². The van der Waals surface area contributed by atoms with Crippen molar-refractivity contribution in [3.05, 3.63) is 35.4 Å². The molecule has 1 aromatic carbocycles. The molecular formula is C19H28N2O3S. The number of carbonyl (C=O) groups is 2. The zero-order chi connectivity index (χ0) is 18.4. The number of aliphatic hydroxyl groups excluding tert-OH is 1. The molecule has 0 saturated carbocycles. The average molecular weight is 365 g/mol. The van der Waals surface area contributed by atoms with E-state index in [9.17, 15) is 14.7 Å². The molecule has 1 heterocycles. The summed E-state index contributed by atoms with van der Waals surface area (Å²) in [5, 5.41) is 12.5. The third-order valence-corrected chi connectivity index (χ3v) is 5.10. The Labute approximate surface area is 154 Å². The lowest BCUT2D eigenvalue weighted by Crippen LogP contribution is -2.51. The molecule has 1 aromatic rings. The van der Waals surface area contributed by atoms with Crippen molar-refractivity contribution >= 4 is 23.6 Å². The van der Waals surface area contributed by atoms with Crippen molar-refractivity contribution in [3.8, 4) is 0 Å². The van der Waals surface area contributed by atoms with Gasteiger partial charge in [0.1, 0.15) is 6.04 Å². The van der Waals surface area contributed by atoms with Gasteiger partial charge in [0.2, 0.25) is 5.91 Å². The zero-order valence-electron chi connectivity index (χ0n) is 15.2. The minimum absolute atomic E-state index is 0.0823. The van der Waals surface area contributed by atoms with Gasteiger partial charge in [0, 0.05) is 12.1 Å². The van der Waals surface area contributed by atoms with E-state index in [1.165, 1.54) is 0 Å². The Kier molecular flexibility index (Phi) is 7.32. The van der Waals surface area contributed by atoms with Crippen LogP contribution in [0.3, 0.4) is 0 Å². The maximum Gasteiger partial charge on any atom is 0.255 e. The zero-order valence-corrected chi connectivity index (χ0v) is 16.0. The molecule has 25 heavy (non-hydrogen) atoms. The summed E-state index contributed by atoms with van der Waals surface area (Å²) >= 11 is 1.68. The molecular weight excluding hydrogens is 336 g/mol. The molecule has 0 aromatic heterocycles. The van der Waals surface area contributed by atoms with Gasteiger partial charge >= 0.3 is 0 Å². The second-order valence-corrected chi connectivity index (χ2v) is 7.89. The molecule has 1 aliphatic heterocycles. The van der Waals surface area contributed by atoms with Crippen molar-refractivity contribution in [2.75, 3.05) is 18.6 Å². The first-order chi connectivity index (χ1) is 12.0. The summed E-state index contributed by atoms with van der Waals surface area (Å²) in [5.74, 6) is 0.899. The Morgan fingerprint density at radius 2 is 2.08 bits per heavy atom. The van der Waals surface area contributed by atoms with Gasteiger partial charge in [0.05, 0.1) is 12.6 Å². The predicted molar refractivity (Wildman–Crippen MR) is 102 cm³/mol. The molecule has 5 nitrogen and oxygen atoms in total. The molecule has 0 fully saturated rings. The van der Waals surface area contributed by atoms with Crippen LogP contribution >= 0.6 is 11.8 Å². The van der Waals surface area contributed by atoms with Crippen LogP contribution in [-0.2, 0) is 11.3 Å². The van der Waals surface area contributed by atoms with Gasteiger partial charge in [0.15, 0.2) is 0 Å². The van der Waals surface area contributed by atoms with Crippen molar-refractivity contribution in [1.82, 2.24) is 10.2 Å². The van der Waals surface area contributed by atoms with Crippen molar-refractivity contribution in [3.63, 3.8) is 0 Å². The van der Waals surface area contributed by atoms with E-state index < -0.39 is 6.04 Å². The standard InChI is InChI=1S/C19H28N2O3S/c1-13(2)10-17(18(23)20-15(12-22)8-9-25-3)21-11-14-6-4-5-7-16(14)19(21)24/h4-7,13,15,17,22H,8-12H2,1-3H3,(H,20,23)/t15-,17-/m0/s1. The highest BCUT2D eigenvalue weighted by Crippen LogP contribution is 2.27. The first-order valence-corrected chi connectivity index (χ1v) is 10.2. The van der Waals surface area contributed by atoms with Crippen molar-refractivity contribution < 1.29 is 14.7 Å². The SMILES string of the molecule is CSCC[C@@H](CO)NC(=O)[C@H](CC(C)C)N1Cc2ccccc2C1=O. The van der Waals surface area contributed by atoms with Gasteiger partial charge in [-0.2, -0.15) is 11.8 Å². The first-order valence-electron chi connectivity index (χ1n) is 8.77. The summed E-state index contributed by atoms with van der Waals surface area (Å²) in [6, 6.07) is 6.74. The Balaban J connectivity index is 2.14. The number of amides is 2. The molecule has 2 amide bonds. The van der Waals surface area contributed by atoms with Gasteiger partial charge in [-0.05, 0) is 42.4 Å². The molecule has 2 rings (SSSR count). The molecule has 6 heteroatoms. The second-order valence-electron chi connectivity index (χ2n) is 6.91. The smallest absolute Gasteiger partial charge is 0.255 e. The highest BCUT2D eigenvalue weighted by atomic mass is 32.2. The number of hydrogen-bond donors (Lipinski definition) is 2. The summed E-state index contributed by atoms with van der Waals surface area (Å²) in [6.07, 6.45) is 3.32. The van der Waals surface area contributed by atoms with Crippen LogP contribution < -0.4 is 5.32 Å². The summed E-state index contributed by atoms with van der Waals surface area (Å²) < 4.78 is 0. The van der Waals surface area contributed by atoms with E-state index in [-0.39, 0.29) is 30.4 Å². The molecule has 0 saturated heterocycles. The van der Waals surface area contributed by atoms with Gasteiger partial charge in [-0.1, -0.05) is 32.0 Å². The van der Waals surface area contributed by atoms with Crippen LogP contribution in [0.2, 0.25) is 0 Å². The summed E-state index contributed by atoms with van der Waals surface area (Å²) in [4.78, 5) is 27.3. The van der Waals surface area contributed by atoms with Crippen LogP contribution in [0, 0.1) is 5.92 Å². The molecule has 1 aliphatic rings. The number of aliphatic hydroxyl groups is 1. The number of nitrogens with one attached hydrogen (secondary N) is 1. The maximum atomic E-state index is 12.9. The highest BCUT2D eigenvalue weighted by Gasteiger charge is 2.36. The normalized spacial score (nSPS) is 16.0. The topological polar surface area (TPSA) is 69.6 Å². The average Bonchev–Trinajstić information content (AvgIpc) is 2.93. The highest BCUT2D eigenvalue weighted by molar-refractivity contribution is 7.98. The number of hydrogen-bond acceptors (Lipinski definition) is 4. The Morgan fingerprint density at radius 1 is 1.36 bits per heavy atom. The number of nitrogens with zero attached hydrogens (tertiary/aromatic N) is 1. The van der Waals surface area contributed by atoms with E-state index in [4.69, 9.17) is 0 Å². The largest absolute Gasteiger partial charge is 0.394 e. The maximum absolute atomic E-state index is 12.9. The lowest BCUT2D eigenvalue weighted by molar-refractivity contribution is -0.127. The quantitative estimate of drug-likeness (QED) is 0.705. The third-order valence-electron chi connectivity index (χ3n) is 4.46. The van der Waals surface area contributed by atoms with Gasteiger partial charge in [-0.15, -0.1) is 0 Å². The summed E-state index contributed by atoms with van der Waals surface area (Å²) in [7, 11) is 0. The van der Waals surface area contributed by atoms with Gasteiger partial charge in [-0.25, -0.2) is 0 Å². The first kappa shape index (κ1) is 19.8. The van der Waals surface area contributed by atoms with E-state index in [2.05, 4.69) is 5.32 Å². The number of fused-ring (bicyclic) bond motifs is 1. The molecule has 2 atom stereocenters. The Morgan fingerprint density at radius 3 is 2.68 bits per heavy atom. The Bertz CT molecular complexity index is 606. The molecule has 0 unspecified atom stereocenters. The van der Waals surface area contributed by atoms with Crippen LogP contribution in [0.15, 0.2) is 24.3 Å². The molecule has 2 N–H and O–H groups in total. The molecule has 138 valence electrons. The van der Waals surface area contributed by atoms with E-state index in [1.54, 1.807) is 16.7 Å². The van der Waals surface area contributed by atoms with E-state index in [1.807, 2.05) is 44.4 Å². The summed E-state index contributed by atoms with van der Waals surface area (Å²) in [6.45, 7) is 4.47. The molecule has 0 radical (unpaired) electrons. The summed E-state index contributed by atoms with van der Waals surface area (Å²) in [5.41, 5.74) is 1.65. The van der Waals surface area contributed by atoms with Crippen molar-refractivity contribution in [2.24, 2.45) is 5.92 Å². The number of rotatable bonds is 9. The molecule has 0 aliphatic carbocycles. The van der Waals surface area contributed by atoms with Crippen LogP contribution in [0.4, 0.5) is 0 Å². The van der Waals surface area contributed by atoms with Gasteiger partial charge in [-0.3, -0.25) is 9.59 Å². The number of carbonyl (C=O) groups excluding carboxylic acids is 2. The minimum Gasteiger partial charge on any atom is -0.394 e. The van der Waals surface area contributed by atoms with Crippen LogP contribution in [0.25, 0.3) is 0 Å². The van der Waals surface area contributed by atoms with Crippen molar-refractivity contribution in [1.29, 1.82) is 0 Å². The lowest BCUT2D eigenvalue weighted by Gasteiger charge is -2.30. The Hall–Kier alpha value is -1.53. The van der Waals surface area contributed by atoms with Gasteiger partial charge in [0.25, 0.3) is 5.91 Å². The van der Waals surface area contributed by atoms with Gasteiger partial charge < -0.3 is 15.3 Å². The molecule has 0 bridgehead atoms. The van der Waals surface area contributed by atoms with Crippen LogP contribution in [-0.4, -0.2) is 52.5 Å².